The van der Waals surface area contributed by atoms with Crippen molar-refractivity contribution in [2.75, 3.05) is 6.61 Å². The lowest BCUT2D eigenvalue weighted by Crippen LogP contribution is -2.58. The first kappa shape index (κ1) is 12.3. The second kappa shape index (κ2) is 3.96. The number of nitrogens with two attached hydrogens (primary N) is 1. The van der Waals surface area contributed by atoms with Crippen molar-refractivity contribution < 1.29 is 24.5 Å². The van der Waals surface area contributed by atoms with E-state index in [1.165, 1.54) is 0 Å². The fraction of sp³-hybridized carbons (Fsp3) is 0.818. The highest BCUT2D eigenvalue weighted by Gasteiger charge is 2.74. The van der Waals surface area contributed by atoms with Gasteiger partial charge in [0.1, 0.15) is 5.54 Å². The van der Waals surface area contributed by atoms with Gasteiger partial charge in [-0.2, -0.15) is 0 Å². The van der Waals surface area contributed by atoms with Crippen LogP contribution < -0.4 is 5.73 Å². The number of carboxylic acids is 2. The molecule has 0 aromatic rings. The van der Waals surface area contributed by atoms with Crippen molar-refractivity contribution in [1.29, 1.82) is 0 Å². The minimum absolute atomic E-state index is 0.143. The Bertz CT molecular complexity index is 358. The van der Waals surface area contributed by atoms with Gasteiger partial charge in [0.25, 0.3) is 0 Å². The van der Waals surface area contributed by atoms with Crippen LogP contribution in [-0.4, -0.2) is 40.4 Å². The van der Waals surface area contributed by atoms with Crippen molar-refractivity contribution in [3.8, 4) is 0 Å². The van der Waals surface area contributed by atoms with Gasteiger partial charge in [-0.3, -0.25) is 9.59 Å². The molecule has 2 aliphatic rings. The van der Waals surface area contributed by atoms with Crippen LogP contribution in [-0.2, 0) is 14.3 Å². The van der Waals surface area contributed by atoms with Crippen LogP contribution in [0.1, 0.15) is 19.8 Å². The molecule has 0 radical (unpaired) electrons. The molecule has 17 heavy (non-hydrogen) atoms. The standard InChI is InChI=1S/C11H17NO5/c1-2-3-17-6-4-5-7(9(13)14)8(5)11(6,12)10(15)16/h5-8H,2-4,12H2,1H3,(H,13,14)(H,15,16)/t5-,6+,7-,8-,11-/m0/s1. The first-order valence-electron chi connectivity index (χ1n) is 5.81. The highest BCUT2D eigenvalue weighted by Crippen LogP contribution is 2.62. The molecule has 0 aliphatic heterocycles. The number of aliphatic carboxylic acids is 2. The lowest BCUT2D eigenvalue weighted by molar-refractivity contribution is -0.151. The van der Waals surface area contributed by atoms with Crippen LogP contribution >= 0.6 is 0 Å². The molecule has 2 saturated carbocycles. The van der Waals surface area contributed by atoms with Gasteiger partial charge in [-0.25, -0.2) is 0 Å². The van der Waals surface area contributed by atoms with Gasteiger partial charge in [-0.05, 0) is 18.8 Å². The van der Waals surface area contributed by atoms with Gasteiger partial charge in [-0.1, -0.05) is 6.92 Å². The van der Waals surface area contributed by atoms with Gasteiger partial charge >= 0.3 is 11.9 Å². The van der Waals surface area contributed by atoms with Gasteiger partial charge in [0.05, 0.1) is 12.0 Å². The fourth-order valence-electron chi connectivity index (χ4n) is 3.06. The number of hydrogen-bond acceptors (Lipinski definition) is 4. The molecule has 2 fully saturated rings. The first-order chi connectivity index (χ1) is 7.94. The number of carbonyl (C=O) groups is 2. The number of hydrogen-bond donors (Lipinski definition) is 3. The highest BCUT2D eigenvalue weighted by atomic mass is 16.5. The average molecular weight is 243 g/mol. The molecule has 0 amide bonds. The largest absolute Gasteiger partial charge is 0.481 e. The molecule has 96 valence electrons. The van der Waals surface area contributed by atoms with E-state index in [1.54, 1.807) is 0 Å². The van der Waals surface area contributed by atoms with E-state index in [2.05, 4.69) is 0 Å². The molecular weight excluding hydrogens is 226 g/mol. The van der Waals surface area contributed by atoms with Gasteiger partial charge < -0.3 is 20.7 Å². The predicted octanol–water partition coefficient (Wildman–Crippen LogP) is -0.0858. The maximum absolute atomic E-state index is 11.3. The monoisotopic (exact) mass is 243 g/mol. The fourth-order valence-corrected chi connectivity index (χ4v) is 3.06. The summed E-state index contributed by atoms with van der Waals surface area (Å²) in [6.45, 7) is 2.38. The third-order valence-corrected chi connectivity index (χ3v) is 3.92. The van der Waals surface area contributed by atoms with Crippen LogP contribution in [0.4, 0.5) is 0 Å². The van der Waals surface area contributed by atoms with Gasteiger partial charge in [0, 0.05) is 12.5 Å². The number of carboxylic acid groups (broad SMARTS) is 2. The van der Waals surface area contributed by atoms with Crippen LogP contribution in [0.2, 0.25) is 0 Å². The number of rotatable bonds is 5. The van der Waals surface area contributed by atoms with Crippen LogP contribution in [0, 0.1) is 17.8 Å². The molecule has 0 unspecified atom stereocenters. The Balaban J connectivity index is 2.15. The maximum atomic E-state index is 11.3. The minimum Gasteiger partial charge on any atom is -0.481 e. The average Bonchev–Trinajstić information content (AvgIpc) is 2.90. The van der Waals surface area contributed by atoms with Crippen LogP contribution in [0.15, 0.2) is 0 Å². The van der Waals surface area contributed by atoms with Crippen molar-refractivity contribution in [2.45, 2.75) is 31.4 Å². The first-order valence-corrected chi connectivity index (χ1v) is 5.81. The van der Waals surface area contributed by atoms with Crippen molar-refractivity contribution in [1.82, 2.24) is 0 Å². The molecule has 0 spiro atoms. The van der Waals surface area contributed by atoms with Crippen LogP contribution in [0.3, 0.4) is 0 Å². The number of fused-ring (bicyclic) bond motifs is 1. The van der Waals surface area contributed by atoms with E-state index in [0.29, 0.717) is 13.0 Å². The molecule has 0 aromatic carbocycles. The summed E-state index contributed by atoms with van der Waals surface area (Å²) in [7, 11) is 0. The normalized spacial score (nSPS) is 43.2. The molecule has 2 aliphatic carbocycles. The van der Waals surface area contributed by atoms with E-state index < -0.39 is 35.4 Å². The minimum atomic E-state index is -1.54. The molecule has 0 aromatic heterocycles. The second-order valence-electron chi connectivity index (χ2n) is 4.89. The summed E-state index contributed by atoms with van der Waals surface area (Å²) in [6.07, 6.45) is 0.652. The lowest BCUT2D eigenvalue weighted by Gasteiger charge is -2.30. The topological polar surface area (TPSA) is 110 Å². The van der Waals surface area contributed by atoms with Gasteiger partial charge in [0.2, 0.25) is 0 Å². The predicted molar refractivity (Wildman–Crippen MR) is 57.3 cm³/mol. The van der Waals surface area contributed by atoms with E-state index in [-0.39, 0.29) is 5.92 Å². The molecule has 0 bridgehead atoms. The molecule has 4 N–H and O–H groups in total. The summed E-state index contributed by atoms with van der Waals surface area (Å²) in [6, 6.07) is 0. The summed E-state index contributed by atoms with van der Waals surface area (Å²) >= 11 is 0. The zero-order valence-electron chi connectivity index (χ0n) is 9.63. The van der Waals surface area contributed by atoms with Crippen molar-refractivity contribution >= 4 is 11.9 Å². The lowest BCUT2D eigenvalue weighted by atomic mass is 9.89. The summed E-state index contributed by atoms with van der Waals surface area (Å²) in [5.74, 6) is -3.35. The van der Waals surface area contributed by atoms with Crippen LogP contribution in [0.25, 0.3) is 0 Å². The summed E-state index contributed by atoms with van der Waals surface area (Å²) < 4.78 is 5.46. The van der Waals surface area contributed by atoms with Gasteiger partial charge in [0.15, 0.2) is 0 Å². The molecule has 6 heteroatoms. The van der Waals surface area contributed by atoms with Gasteiger partial charge in [-0.15, -0.1) is 0 Å². The van der Waals surface area contributed by atoms with E-state index in [0.717, 1.165) is 6.42 Å². The molecule has 0 saturated heterocycles. The van der Waals surface area contributed by atoms with Crippen molar-refractivity contribution in [3.05, 3.63) is 0 Å². The zero-order chi connectivity index (χ0) is 12.8. The highest BCUT2D eigenvalue weighted by molar-refractivity contribution is 5.86. The Morgan fingerprint density at radius 1 is 1.47 bits per heavy atom. The summed E-state index contributed by atoms with van der Waals surface area (Å²) in [5, 5.41) is 18.2. The second-order valence-corrected chi connectivity index (χ2v) is 4.89. The molecule has 0 heterocycles. The Kier molecular flexibility index (Phi) is 2.87. The van der Waals surface area contributed by atoms with Crippen molar-refractivity contribution in [2.24, 2.45) is 23.5 Å². The smallest absolute Gasteiger partial charge is 0.326 e. The quantitative estimate of drug-likeness (QED) is 0.622. The Labute approximate surface area is 98.7 Å². The molecular formula is C11H17NO5. The van der Waals surface area contributed by atoms with E-state index >= 15 is 0 Å². The summed E-state index contributed by atoms with van der Waals surface area (Å²) in [4.78, 5) is 22.2. The molecule has 2 rings (SSSR count). The van der Waals surface area contributed by atoms with Crippen molar-refractivity contribution in [3.63, 3.8) is 0 Å². The number of ether oxygens (including phenoxy) is 1. The Morgan fingerprint density at radius 3 is 2.59 bits per heavy atom. The Hall–Kier alpha value is -1.14. The van der Waals surface area contributed by atoms with E-state index in [1.807, 2.05) is 6.92 Å². The summed E-state index contributed by atoms with van der Waals surface area (Å²) in [5.41, 5.74) is 4.37. The maximum Gasteiger partial charge on any atom is 0.326 e. The third kappa shape index (κ3) is 1.63. The Morgan fingerprint density at radius 2 is 2.12 bits per heavy atom. The van der Waals surface area contributed by atoms with E-state index in [9.17, 15) is 14.7 Å². The van der Waals surface area contributed by atoms with Crippen LogP contribution in [0.5, 0.6) is 0 Å². The molecule has 5 atom stereocenters. The third-order valence-electron chi connectivity index (χ3n) is 3.92. The SMILES string of the molecule is CCCO[C@@H]1C[C@H]2[C@H](C(=O)O)[C@H]2[C@]1(N)C(=O)O. The molecule has 6 nitrogen and oxygen atoms in total. The zero-order valence-corrected chi connectivity index (χ0v) is 9.63. The van der Waals surface area contributed by atoms with E-state index in [4.69, 9.17) is 15.6 Å².